The number of benzene rings is 1. The van der Waals surface area contributed by atoms with E-state index in [0.717, 1.165) is 6.42 Å². The molecule has 0 atom stereocenters. The molecule has 1 aliphatic heterocycles. The molecular formula is C18H20F2N2O2. The predicted octanol–water partition coefficient (Wildman–Crippen LogP) is 3.13. The SMILES string of the molecule is CCCOC1CN(c2ncc(-c3cccc(CO)c3F)cc2F)C1. The van der Waals surface area contributed by atoms with Crippen molar-refractivity contribution in [2.24, 2.45) is 0 Å². The maximum Gasteiger partial charge on any atom is 0.166 e. The molecule has 1 aromatic carbocycles. The summed E-state index contributed by atoms with van der Waals surface area (Å²) in [5.74, 6) is -0.782. The Balaban J connectivity index is 1.77. The number of rotatable bonds is 6. The lowest BCUT2D eigenvalue weighted by Gasteiger charge is -2.39. The summed E-state index contributed by atoms with van der Waals surface area (Å²) in [5.41, 5.74) is 0.756. The summed E-state index contributed by atoms with van der Waals surface area (Å²) in [7, 11) is 0. The molecule has 0 unspecified atom stereocenters. The fraction of sp³-hybridized carbons (Fsp3) is 0.389. The smallest absolute Gasteiger partial charge is 0.166 e. The fourth-order valence-corrected chi connectivity index (χ4v) is 2.74. The highest BCUT2D eigenvalue weighted by Crippen LogP contribution is 2.29. The zero-order valence-electron chi connectivity index (χ0n) is 13.5. The van der Waals surface area contributed by atoms with Crippen molar-refractivity contribution in [3.63, 3.8) is 0 Å². The Morgan fingerprint density at radius 1 is 1.33 bits per heavy atom. The van der Waals surface area contributed by atoms with Crippen LogP contribution in [-0.2, 0) is 11.3 Å². The molecule has 2 heterocycles. The largest absolute Gasteiger partial charge is 0.392 e. The molecule has 3 rings (SSSR count). The first-order chi connectivity index (χ1) is 11.6. The molecule has 0 spiro atoms. The number of halogens is 2. The number of aliphatic hydroxyl groups excluding tert-OH is 1. The number of nitrogens with zero attached hydrogens (tertiary/aromatic N) is 2. The highest BCUT2D eigenvalue weighted by molar-refractivity contribution is 5.66. The van der Waals surface area contributed by atoms with Gasteiger partial charge < -0.3 is 14.7 Å². The molecule has 6 heteroatoms. The van der Waals surface area contributed by atoms with E-state index in [1.165, 1.54) is 18.3 Å². The maximum absolute atomic E-state index is 14.4. The quantitative estimate of drug-likeness (QED) is 0.882. The van der Waals surface area contributed by atoms with Crippen LogP contribution in [0.25, 0.3) is 11.1 Å². The van der Waals surface area contributed by atoms with E-state index in [9.17, 15) is 8.78 Å². The van der Waals surface area contributed by atoms with Gasteiger partial charge in [-0.1, -0.05) is 25.1 Å². The van der Waals surface area contributed by atoms with Crippen molar-refractivity contribution < 1.29 is 18.6 Å². The Bertz CT molecular complexity index is 718. The Kier molecular flexibility index (Phi) is 5.06. The van der Waals surface area contributed by atoms with E-state index in [0.29, 0.717) is 25.3 Å². The van der Waals surface area contributed by atoms with Crippen molar-refractivity contribution >= 4 is 5.82 Å². The van der Waals surface area contributed by atoms with Gasteiger partial charge in [-0.3, -0.25) is 0 Å². The second kappa shape index (κ2) is 7.23. The Morgan fingerprint density at radius 3 is 2.79 bits per heavy atom. The van der Waals surface area contributed by atoms with Crippen LogP contribution in [0, 0.1) is 11.6 Å². The lowest BCUT2D eigenvalue weighted by Crippen LogP contribution is -2.53. The fourth-order valence-electron chi connectivity index (χ4n) is 2.74. The monoisotopic (exact) mass is 334 g/mol. The normalized spacial score (nSPS) is 14.8. The van der Waals surface area contributed by atoms with E-state index < -0.39 is 18.2 Å². The summed E-state index contributed by atoms with van der Waals surface area (Å²) in [6.45, 7) is 3.56. The minimum Gasteiger partial charge on any atom is -0.392 e. The maximum atomic E-state index is 14.4. The number of anilines is 1. The van der Waals surface area contributed by atoms with Gasteiger partial charge in [-0.2, -0.15) is 0 Å². The summed E-state index contributed by atoms with van der Waals surface area (Å²) in [6.07, 6.45) is 2.53. The van der Waals surface area contributed by atoms with Crippen LogP contribution >= 0.6 is 0 Å². The van der Waals surface area contributed by atoms with Crippen LogP contribution in [0.1, 0.15) is 18.9 Å². The van der Waals surface area contributed by atoms with Crippen molar-refractivity contribution in [1.82, 2.24) is 4.98 Å². The third-order valence-electron chi connectivity index (χ3n) is 4.09. The number of hydrogen-bond acceptors (Lipinski definition) is 4. The van der Waals surface area contributed by atoms with Gasteiger partial charge in [-0.15, -0.1) is 0 Å². The molecule has 1 aliphatic rings. The molecule has 1 aromatic heterocycles. The van der Waals surface area contributed by atoms with Gasteiger partial charge in [0, 0.05) is 42.6 Å². The Morgan fingerprint density at radius 2 is 2.12 bits per heavy atom. The zero-order chi connectivity index (χ0) is 17.1. The van der Waals surface area contributed by atoms with Crippen LogP contribution in [-0.4, -0.2) is 35.9 Å². The Hall–Kier alpha value is -2.05. The van der Waals surface area contributed by atoms with Gasteiger partial charge in [0.2, 0.25) is 0 Å². The van der Waals surface area contributed by atoms with Gasteiger partial charge in [0.25, 0.3) is 0 Å². The first-order valence-corrected chi connectivity index (χ1v) is 8.04. The molecule has 0 bridgehead atoms. The molecule has 0 saturated carbocycles. The van der Waals surface area contributed by atoms with Crippen molar-refractivity contribution in [1.29, 1.82) is 0 Å². The minimum absolute atomic E-state index is 0.115. The van der Waals surface area contributed by atoms with Crippen LogP contribution in [0.3, 0.4) is 0 Å². The highest BCUT2D eigenvalue weighted by atomic mass is 19.1. The molecular weight excluding hydrogens is 314 g/mol. The van der Waals surface area contributed by atoms with E-state index >= 15 is 0 Å². The lowest BCUT2D eigenvalue weighted by molar-refractivity contribution is 0.0341. The van der Waals surface area contributed by atoms with Crippen molar-refractivity contribution in [3.05, 3.63) is 47.7 Å². The first kappa shape index (κ1) is 16.8. The molecule has 1 N–H and O–H groups in total. The zero-order valence-corrected chi connectivity index (χ0v) is 13.5. The first-order valence-electron chi connectivity index (χ1n) is 8.04. The summed E-state index contributed by atoms with van der Waals surface area (Å²) < 4.78 is 34.2. The topological polar surface area (TPSA) is 45.6 Å². The van der Waals surface area contributed by atoms with E-state index in [1.807, 2.05) is 6.92 Å². The molecule has 1 fully saturated rings. The molecule has 128 valence electrons. The average molecular weight is 334 g/mol. The molecule has 0 amide bonds. The molecule has 1 saturated heterocycles. The summed E-state index contributed by atoms with van der Waals surface area (Å²) in [4.78, 5) is 5.96. The van der Waals surface area contributed by atoms with Crippen LogP contribution in [0.2, 0.25) is 0 Å². The van der Waals surface area contributed by atoms with Crippen molar-refractivity contribution in [2.75, 3.05) is 24.6 Å². The number of aromatic nitrogens is 1. The number of aliphatic hydroxyl groups is 1. The highest BCUT2D eigenvalue weighted by Gasteiger charge is 2.30. The second-order valence-electron chi connectivity index (χ2n) is 5.86. The number of ether oxygens (including phenoxy) is 1. The summed E-state index contributed by atoms with van der Waals surface area (Å²) in [5, 5.41) is 9.14. The lowest BCUT2D eigenvalue weighted by atomic mass is 10.0. The van der Waals surface area contributed by atoms with Gasteiger partial charge in [-0.05, 0) is 12.5 Å². The second-order valence-corrected chi connectivity index (χ2v) is 5.86. The Labute approximate surface area is 139 Å². The van der Waals surface area contributed by atoms with Gasteiger partial charge in [0.1, 0.15) is 5.82 Å². The molecule has 2 aromatic rings. The molecule has 4 nitrogen and oxygen atoms in total. The van der Waals surface area contributed by atoms with E-state index in [4.69, 9.17) is 9.84 Å². The van der Waals surface area contributed by atoms with Gasteiger partial charge in [-0.25, -0.2) is 13.8 Å². The minimum atomic E-state index is -0.550. The summed E-state index contributed by atoms with van der Waals surface area (Å²) in [6, 6.07) is 5.94. The van der Waals surface area contributed by atoms with Crippen LogP contribution in [0.15, 0.2) is 30.5 Å². The van der Waals surface area contributed by atoms with E-state index in [-0.39, 0.29) is 23.0 Å². The van der Waals surface area contributed by atoms with Crippen LogP contribution < -0.4 is 4.90 Å². The summed E-state index contributed by atoms with van der Waals surface area (Å²) >= 11 is 0. The van der Waals surface area contributed by atoms with Gasteiger partial charge in [0.15, 0.2) is 11.6 Å². The number of pyridine rings is 1. The van der Waals surface area contributed by atoms with Gasteiger partial charge >= 0.3 is 0 Å². The third-order valence-corrected chi connectivity index (χ3v) is 4.09. The van der Waals surface area contributed by atoms with E-state index in [1.54, 1.807) is 17.0 Å². The molecule has 0 radical (unpaired) electrons. The molecule has 0 aliphatic carbocycles. The van der Waals surface area contributed by atoms with Crippen molar-refractivity contribution in [2.45, 2.75) is 26.1 Å². The predicted molar refractivity (Wildman–Crippen MR) is 87.8 cm³/mol. The number of hydrogen-bond donors (Lipinski definition) is 1. The third kappa shape index (κ3) is 3.25. The average Bonchev–Trinajstić information content (AvgIpc) is 2.55. The van der Waals surface area contributed by atoms with Gasteiger partial charge in [0.05, 0.1) is 12.7 Å². The molecule has 24 heavy (non-hydrogen) atoms. The van der Waals surface area contributed by atoms with Crippen LogP contribution in [0.5, 0.6) is 0 Å². The van der Waals surface area contributed by atoms with Crippen molar-refractivity contribution in [3.8, 4) is 11.1 Å². The van der Waals surface area contributed by atoms with E-state index in [2.05, 4.69) is 4.98 Å². The van der Waals surface area contributed by atoms with Crippen LogP contribution in [0.4, 0.5) is 14.6 Å². The standard InChI is InChI=1S/C18H20F2N2O2/c1-2-6-24-14-9-22(10-14)18-16(19)7-13(8-21-18)15-5-3-4-12(11-23)17(15)20/h3-5,7-8,14,23H,2,6,9-11H2,1H3.